The van der Waals surface area contributed by atoms with Gasteiger partial charge < -0.3 is 10.8 Å². The number of benzene rings is 1. The molecule has 7 nitrogen and oxygen atoms in total. The second kappa shape index (κ2) is 10.3. The fourth-order valence-electron chi connectivity index (χ4n) is 2.93. The summed E-state index contributed by atoms with van der Waals surface area (Å²) < 4.78 is 40.0. The van der Waals surface area contributed by atoms with Crippen LogP contribution < -0.4 is 5.73 Å². The van der Waals surface area contributed by atoms with Crippen LogP contribution in [0.5, 0.6) is 0 Å². The van der Waals surface area contributed by atoms with E-state index < -0.39 is 41.3 Å². The minimum atomic E-state index is -1.68. The molecule has 1 saturated heterocycles. The van der Waals surface area contributed by atoms with Gasteiger partial charge in [0.05, 0.1) is 0 Å². The third kappa shape index (κ3) is 5.83. The molecule has 0 saturated carbocycles. The Morgan fingerprint density at radius 3 is 2.18 bits per heavy atom. The molecule has 0 aliphatic carbocycles. The van der Waals surface area contributed by atoms with Crippen LogP contribution in [0.15, 0.2) is 12.1 Å². The molecule has 1 atom stereocenters. The molecule has 1 fully saturated rings. The number of rotatable bonds is 4. The highest BCUT2D eigenvalue weighted by Gasteiger charge is 2.31. The second-order valence-corrected chi connectivity index (χ2v) is 6.34. The van der Waals surface area contributed by atoms with Crippen LogP contribution in [0.2, 0.25) is 0 Å². The maximum atomic E-state index is 13.7. The summed E-state index contributed by atoms with van der Waals surface area (Å²) in [5.41, 5.74) is 5.66. The van der Waals surface area contributed by atoms with E-state index in [9.17, 15) is 27.6 Å². The highest BCUT2D eigenvalue weighted by molar-refractivity contribution is 6.31. The van der Waals surface area contributed by atoms with Crippen molar-refractivity contribution in [2.75, 3.05) is 13.1 Å². The summed E-state index contributed by atoms with van der Waals surface area (Å²) in [6.45, 7) is 0.244. The lowest BCUT2D eigenvalue weighted by Gasteiger charge is -2.32. The van der Waals surface area contributed by atoms with E-state index in [4.69, 9.17) is 10.8 Å². The van der Waals surface area contributed by atoms with Crippen LogP contribution in [-0.4, -0.2) is 52.0 Å². The number of hydrogen-bond acceptors (Lipinski definition) is 4. The molecule has 156 valence electrons. The lowest BCUT2D eigenvalue weighted by molar-refractivity contribution is -0.172. The largest absolute Gasteiger partial charge is 0.474 e. The Bertz CT molecular complexity index is 751. The van der Waals surface area contributed by atoms with Crippen molar-refractivity contribution in [3.63, 3.8) is 0 Å². The third-order valence-electron chi connectivity index (χ3n) is 4.24. The molecular formula is C17H21ClF3N3O4. The van der Waals surface area contributed by atoms with Gasteiger partial charge in [0.2, 0.25) is 5.91 Å². The van der Waals surface area contributed by atoms with E-state index in [2.05, 4.69) is 0 Å². The average molecular weight is 424 g/mol. The Balaban J connectivity index is 0.00000392. The molecule has 1 aromatic rings. The zero-order valence-corrected chi connectivity index (χ0v) is 15.7. The molecule has 1 heterocycles. The molecule has 0 radical (unpaired) electrons. The number of carboxylic acid groups (broad SMARTS) is 1. The van der Waals surface area contributed by atoms with Gasteiger partial charge in [-0.25, -0.2) is 23.0 Å². The molecule has 1 aromatic carbocycles. The van der Waals surface area contributed by atoms with E-state index in [0.29, 0.717) is 25.0 Å². The number of halogens is 4. The highest BCUT2D eigenvalue weighted by Crippen LogP contribution is 2.18. The van der Waals surface area contributed by atoms with E-state index in [1.807, 2.05) is 0 Å². The van der Waals surface area contributed by atoms with Crippen molar-refractivity contribution in [2.45, 2.75) is 38.1 Å². The maximum absolute atomic E-state index is 13.7. The molecule has 2 rings (SSSR count). The van der Waals surface area contributed by atoms with Crippen molar-refractivity contribution in [3.8, 4) is 0 Å². The number of aliphatic carboxylic acids is 1. The van der Waals surface area contributed by atoms with Crippen LogP contribution in [0.1, 0.15) is 31.2 Å². The van der Waals surface area contributed by atoms with Crippen LogP contribution in [-0.2, 0) is 20.8 Å². The van der Waals surface area contributed by atoms with Crippen molar-refractivity contribution < 1.29 is 32.7 Å². The van der Waals surface area contributed by atoms with Gasteiger partial charge in [-0.15, -0.1) is 12.4 Å². The summed E-state index contributed by atoms with van der Waals surface area (Å²) in [7, 11) is 0. The molecule has 2 amide bonds. The number of nitrogens with zero attached hydrogens (tertiary/aromatic N) is 2. The summed E-state index contributed by atoms with van der Waals surface area (Å²) in [4.78, 5) is 35.3. The molecule has 0 spiro atoms. The van der Waals surface area contributed by atoms with Crippen LogP contribution >= 0.6 is 12.4 Å². The topological polar surface area (TPSA) is 104 Å². The van der Waals surface area contributed by atoms with Crippen molar-refractivity contribution in [2.24, 2.45) is 5.73 Å². The first-order chi connectivity index (χ1) is 12.7. The van der Waals surface area contributed by atoms with E-state index in [1.54, 1.807) is 0 Å². The molecule has 1 aliphatic heterocycles. The quantitative estimate of drug-likeness (QED) is 0.566. The first kappa shape index (κ1) is 23.7. The van der Waals surface area contributed by atoms with Crippen LogP contribution in [0.3, 0.4) is 0 Å². The first-order valence-electron chi connectivity index (χ1n) is 8.44. The fourth-order valence-corrected chi connectivity index (χ4v) is 2.93. The predicted molar refractivity (Wildman–Crippen MR) is 94.8 cm³/mol. The first-order valence-corrected chi connectivity index (χ1v) is 8.44. The average Bonchev–Trinajstić information content (AvgIpc) is 2.84. The minimum Gasteiger partial charge on any atom is -0.474 e. The molecular weight excluding hydrogens is 403 g/mol. The van der Waals surface area contributed by atoms with Gasteiger partial charge >= 0.3 is 11.9 Å². The lowest BCUT2D eigenvalue weighted by Crippen LogP contribution is -2.52. The van der Waals surface area contributed by atoms with Gasteiger partial charge in [-0.3, -0.25) is 14.6 Å². The smallest absolute Gasteiger partial charge is 0.396 e. The predicted octanol–water partition coefficient (Wildman–Crippen LogP) is 1.63. The van der Waals surface area contributed by atoms with Crippen molar-refractivity contribution in [1.29, 1.82) is 0 Å². The Labute approximate surface area is 165 Å². The number of carbonyl (C=O) groups is 3. The molecule has 11 heteroatoms. The molecule has 0 aromatic heterocycles. The van der Waals surface area contributed by atoms with E-state index >= 15 is 0 Å². The third-order valence-corrected chi connectivity index (χ3v) is 4.24. The number of hydrazine groups is 1. The molecule has 1 aliphatic rings. The number of hydrogen-bond donors (Lipinski definition) is 2. The van der Waals surface area contributed by atoms with Crippen LogP contribution in [0.25, 0.3) is 0 Å². The Kier molecular flexibility index (Phi) is 8.70. The van der Waals surface area contributed by atoms with Crippen molar-refractivity contribution in [1.82, 2.24) is 10.0 Å². The standard InChI is InChI=1S/C17H20F3N3O4.ClH/c18-12-9-14(20)13(19)7-10(12)6-11(21)8-15(24)22-4-2-1-3-5-23(22)16(25)17(26)27;/h7,9,11H,1-6,8,21H2,(H,26,27);1H/t11-;/m1./s1. The summed E-state index contributed by atoms with van der Waals surface area (Å²) >= 11 is 0. The van der Waals surface area contributed by atoms with Crippen LogP contribution in [0.4, 0.5) is 13.2 Å². The van der Waals surface area contributed by atoms with Gasteiger partial charge in [0.1, 0.15) is 5.82 Å². The fraction of sp³-hybridized carbons (Fsp3) is 0.471. The SMILES string of the molecule is Cl.N[C@@H](CC(=O)N1CCCCCN1C(=O)C(=O)O)Cc1cc(F)c(F)cc1F. The molecule has 28 heavy (non-hydrogen) atoms. The maximum Gasteiger partial charge on any atom is 0.396 e. The summed E-state index contributed by atoms with van der Waals surface area (Å²) in [6.07, 6.45) is 1.31. The lowest BCUT2D eigenvalue weighted by atomic mass is 10.0. The zero-order valence-electron chi connectivity index (χ0n) is 14.9. The minimum absolute atomic E-state index is 0. The number of amides is 2. The van der Waals surface area contributed by atoms with Gasteiger partial charge in [0.25, 0.3) is 0 Å². The highest BCUT2D eigenvalue weighted by atomic mass is 35.5. The normalized spacial score (nSPS) is 15.4. The van der Waals surface area contributed by atoms with E-state index in [1.165, 1.54) is 0 Å². The van der Waals surface area contributed by atoms with Gasteiger partial charge in [0, 0.05) is 31.6 Å². The zero-order chi connectivity index (χ0) is 20.1. The van der Waals surface area contributed by atoms with Crippen molar-refractivity contribution in [3.05, 3.63) is 35.1 Å². The Morgan fingerprint density at radius 1 is 1.00 bits per heavy atom. The molecule has 3 N–H and O–H groups in total. The monoisotopic (exact) mass is 423 g/mol. The van der Waals surface area contributed by atoms with Gasteiger partial charge in [0.15, 0.2) is 11.6 Å². The summed E-state index contributed by atoms with van der Waals surface area (Å²) in [6, 6.07) is 0.157. The van der Waals surface area contributed by atoms with E-state index in [-0.39, 0.29) is 43.9 Å². The van der Waals surface area contributed by atoms with Crippen LogP contribution in [0, 0.1) is 17.5 Å². The Morgan fingerprint density at radius 2 is 1.57 bits per heavy atom. The van der Waals surface area contributed by atoms with Gasteiger partial charge in [-0.05, 0) is 37.3 Å². The Hall–Kier alpha value is -2.33. The van der Waals surface area contributed by atoms with E-state index in [0.717, 1.165) is 16.4 Å². The molecule has 0 bridgehead atoms. The second-order valence-electron chi connectivity index (χ2n) is 6.34. The number of nitrogens with two attached hydrogens (primary N) is 1. The summed E-state index contributed by atoms with van der Waals surface area (Å²) in [5.74, 6) is -7.02. The number of carbonyl (C=O) groups excluding carboxylic acids is 2. The number of carboxylic acids is 1. The van der Waals surface area contributed by atoms with Gasteiger partial charge in [-0.1, -0.05) is 0 Å². The molecule has 0 unspecified atom stereocenters. The summed E-state index contributed by atoms with van der Waals surface area (Å²) in [5, 5.41) is 10.8. The van der Waals surface area contributed by atoms with Crippen molar-refractivity contribution >= 4 is 30.2 Å². The van der Waals surface area contributed by atoms with Gasteiger partial charge in [-0.2, -0.15) is 0 Å².